The minimum atomic E-state index is -4.05. The molecule has 0 radical (unpaired) electrons. The van der Waals surface area contributed by atoms with E-state index in [1.807, 2.05) is 38.1 Å². The van der Waals surface area contributed by atoms with Crippen molar-refractivity contribution < 1.29 is 18.0 Å². The Balaban J connectivity index is 1.56. The largest absolute Gasteiger partial charge is 0.338 e. The number of hydrogen-bond donors (Lipinski definition) is 1. The smallest absolute Gasteiger partial charge is 0.320 e. The Bertz CT molecular complexity index is 1490. The van der Waals surface area contributed by atoms with Crippen LogP contribution in [0.15, 0.2) is 71.6 Å². The Morgan fingerprint density at radius 2 is 1.59 bits per heavy atom. The van der Waals surface area contributed by atoms with E-state index in [1.54, 1.807) is 51.1 Å². The summed E-state index contributed by atoms with van der Waals surface area (Å²) in [5, 5.41) is 11.0. The molecule has 1 aliphatic heterocycles. The number of piperazine rings is 1. The fourth-order valence-corrected chi connectivity index (χ4v) is 6.03. The zero-order chi connectivity index (χ0) is 28.0. The number of nitrogens with zero attached hydrogens (tertiary/aromatic N) is 4. The lowest BCUT2D eigenvalue weighted by molar-refractivity contribution is -0.134. The maximum Gasteiger partial charge on any atom is 0.320 e. The molecule has 1 aliphatic rings. The highest BCUT2D eigenvalue weighted by Gasteiger charge is 2.33. The van der Waals surface area contributed by atoms with Crippen molar-refractivity contribution in [3.05, 3.63) is 77.9 Å². The van der Waals surface area contributed by atoms with Gasteiger partial charge in [-0.1, -0.05) is 42.5 Å². The lowest BCUT2D eigenvalue weighted by Gasteiger charge is -2.38. The van der Waals surface area contributed by atoms with Crippen LogP contribution in [0.3, 0.4) is 0 Å². The third-order valence-electron chi connectivity index (χ3n) is 7.02. The number of nitriles is 1. The Morgan fingerprint density at radius 3 is 2.26 bits per heavy atom. The van der Waals surface area contributed by atoms with Crippen molar-refractivity contribution in [2.45, 2.75) is 31.2 Å². The molecule has 0 bridgehead atoms. The lowest BCUT2D eigenvalue weighted by atomic mass is 10.0. The molecular weight excluding hydrogens is 514 g/mol. The quantitative estimate of drug-likeness (QED) is 0.465. The van der Waals surface area contributed by atoms with Gasteiger partial charge >= 0.3 is 6.03 Å². The van der Waals surface area contributed by atoms with Gasteiger partial charge in [-0.2, -0.15) is 9.98 Å². The molecule has 3 aromatic carbocycles. The van der Waals surface area contributed by atoms with E-state index in [0.717, 1.165) is 10.8 Å². The molecule has 3 amide bonds. The van der Waals surface area contributed by atoms with Crippen LogP contribution < -0.4 is 4.72 Å². The number of carbonyl (C=O) groups is 2. The number of sulfonamides is 1. The third kappa shape index (κ3) is 6.56. The molecule has 9 nitrogen and oxygen atoms in total. The highest BCUT2D eigenvalue weighted by molar-refractivity contribution is 7.89. The summed E-state index contributed by atoms with van der Waals surface area (Å²) < 4.78 is 29.6. The van der Waals surface area contributed by atoms with E-state index in [2.05, 4.69) is 10.8 Å². The van der Waals surface area contributed by atoms with E-state index in [9.17, 15) is 23.3 Å². The van der Waals surface area contributed by atoms with Crippen LogP contribution in [-0.2, 0) is 21.2 Å². The molecule has 0 spiro atoms. The summed E-state index contributed by atoms with van der Waals surface area (Å²) in [6.45, 7) is 6.41. The minimum Gasteiger partial charge on any atom is -0.338 e. The second kappa shape index (κ2) is 12.3. The van der Waals surface area contributed by atoms with Gasteiger partial charge in [-0.05, 0) is 60.9 Å². The summed E-state index contributed by atoms with van der Waals surface area (Å²) in [6, 6.07) is 20.1. The molecule has 1 unspecified atom stereocenters. The van der Waals surface area contributed by atoms with Crippen LogP contribution in [0.2, 0.25) is 0 Å². The standard InChI is InChI=1S/C29H33N5O4S/c1-3-32(4-2)29(36)34-16-14-33(15-17-34)28(35)27(19-22-8-7-9-23(18-22)21-30)31-39(37,38)26-13-12-24-10-5-6-11-25(24)20-26/h5-13,18,20,27,31H,3-4,14-17,19H2,1-2H3. The van der Waals surface area contributed by atoms with Gasteiger partial charge in [0.1, 0.15) is 6.04 Å². The number of urea groups is 1. The predicted octanol–water partition coefficient (Wildman–Crippen LogP) is 3.21. The second-order valence-electron chi connectivity index (χ2n) is 9.47. The summed E-state index contributed by atoms with van der Waals surface area (Å²) in [4.78, 5) is 31.6. The van der Waals surface area contributed by atoms with Gasteiger partial charge in [0.15, 0.2) is 0 Å². The monoisotopic (exact) mass is 547 g/mol. The molecule has 39 heavy (non-hydrogen) atoms. The van der Waals surface area contributed by atoms with Crippen molar-refractivity contribution in [2.24, 2.45) is 0 Å². The zero-order valence-corrected chi connectivity index (χ0v) is 23.0. The van der Waals surface area contributed by atoms with Crippen LogP contribution in [0.1, 0.15) is 25.0 Å². The number of hydrogen-bond acceptors (Lipinski definition) is 5. The van der Waals surface area contributed by atoms with Crippen molar-refractivity contribution in [3.8, 4) is 6.07 Å². The molecule has 1 saturated heterocycles. The van der Waals surface area contributed by atoms with Crippen molar-refractivity contribution in [1.29, 1.82) is 5.26 Å². The first kappa shape index (κ1) is 28.1. The average molecular weight is 548 g/mol. The summed E-state index contributed by atoms with van der Waals surface area (Å²) in [6.07, 6.45) is 0.0831. The van der Waals surface area contributed by atoms with Crippen LogP contribution in [0.5, 0.6) is 0 Å². The molecule has 1 fully saturated rings. The van der Waals surface area contributed by atoms with Crippen LogP contribution in [-0.4, -0.2) is 80.4 Å². The number of amides is 3. The van der Waals surface area contributed by atoms with E-state index < -0.39 is 16.1 Å². The number of carbonyl (C=O) groups excluding carboxylic acids is 2. The first-order chi connectivity index (χ1) is 18.7. The summed E-state index contributed by atoms with van der Waals surface area (Å²) in [7, 11) is -4.05. The van der Waals surface area contributed by atoms with Crippen molar-refractivity contribution in [2.75, 3.05) is 39.3 Å². The number of rotatable bonds is 8. The first-order valence-corrected chi connectivity index (χ1v) is 14.6. The van der Waals surface area contributed by atoms with Gasteiger partial charge in [0.25, 0.3) is 0 Å². The first-order valence-electron chi connectivity index (χ1n) is 13.1. The molecular formula is C29H33N5O4S. The molecule has 1 N–H and O–H groups in total. The normalized spacial score (nSPS) is 14.6. The van der Waals surface area contributed by atoms with Crippen molar-refractivity contribution in [1.82, 2.24) is 19.4 Å². The molecule has 3 aromatic rings. The predicted molar refractivity (Wildman–Crippen MR) is 149 cm³/mol. The third-order valence-corrected chi connectivity index (χ3v) is 8.49. The van der Waals surface area contributed by atoms with Crippen LogP contribution in [0.4, 0.5) is 4.79 Å². The highest BCUT2D eigenvalue weighted by atomic mass is 32.2. The Labute approximate surface area is 229 Å². The van der Waals surface area contributed by atoms with Crippen molar-refractivity contribution in [3.63, 3.8) is 0 Å². The van der Waals surface area contributed by atoms with Crippen LogP contribution in [0, 0.1) is 11.3 Å². The Morgan fingerprint density at radius 1 is 0.923 bits per heavy atom. The highest BCUT2D eigenvalue weighted by Crippen LogP contribution is 2.20. The van der Waals surface area contributed by atoms with Gasteiger partial charge in [0.2, 0.25) is 15.9 Å². The average Bonchev–Trinajstić information content (AvgIpc) is 2.96. The van der Waals surface area contributed by atoms with E-state index >= 15 is 0 Å². The number of fused-ring (bicyclic) bond motifs is 1. The number of benzene rings is 3. The Hall–Kier alpha value is -3.94. The molecule has 0 aliphatic carbocycles. The van der Waals surface area contributed by atoms with Gasteiger partial charge < -0.3 is 14.7 Å². The van der Waals surface area contributed by atoms with E-state index in [0.29, 0.717) is 50.4 Å². The lowest BCUT2D eigenvalue weighted by Crippen LogP contribution is -2.57. The van der Waals surface area contributed by atoms with Crippen molar-refractivity contribution >= 4 is 32.7 Å². The fraction of sp³-hybridized carbons (Fsp3) is 0.345. The maximum atomic E-state index is 13.7. The van der Waals surface area contributed by atoms with Gasteiger partial charge in [0, 0.05) is 39.3 Å². The van der Waals surface area contributed by atoms with E-state index in [-0.39, 0.29) is 23.3 Å². The topological polar surface area (TPSA) is 114 Å². The van der Waals surface area contributed by atoms with E-state index in [4.69, 9.17) is 0 Å². The molecule has 1 atom stereocenters. The minimum absolute atomic E-state index is 0.0611. The van der Waals surface area contributed by atoms with Gasteiger partial charge in [0.05, 0.1) is 16.5 Å². The van der Waals surface area contributed by atoms with Crippen LogP contribution >= 0.6 is 0 Å². The molecule has 4 rings (SSSR count). The fourth-order valence-electron chi connectivity index (χ4n) is 4.81. The second-order valence-corrected chi connectivity index (χ2v) is 11.2. The zero-order valence-electron chi connectivity index (χ0n) is 22.2. The van der Waals surface area contributed by atoms with Gasteiger partial charge in [-0.3, -0.25) is 4.79 Å². The summed E-state index contributed by atoms with van der Waals surface area (Å²) >= 11 is 0. The van der Waals surface area contributed by atoms with Crippen LogP contribution in [0.25, 0.3) is 10.8 Å². The maximum absolute atomic E-state index is 13.7. The summed E-state index contributed by atoms with van der Waals surface area (Å²) in [5.41, 5.74) is 1.10. The molecule has 204 valence electrons. The van der Waals surface area contributed by atoms with Gasteiger partial charge in [-0.25, -0.2) is 13.2 Å². The molecule has 0 aromatic heterocycles. The summed E-state index contributed by atoms with van der Waals surface area (Å²) in [5.74, 6) is -0.364. The SMILES string of the molecule is CCN(CC)C(=O)N1CCN(C(=O)C(Cc2cccc(C#N)c2)NS(=O)(=O)c2ccc3ccccc3c2)CC1. The molecule has 1 heterocycles. The molecule has 0 saturated carbocycles. The van der Waals surface area contributed by atoms with Gasteiger partial charge in [-0.15, -0.1) is 0 Å². The van der Waals surface area contributed by atoms with E-state index in [1.165, 1.54) is 6.07 Å². The number of nitrogens with one attached hydrogen (secondary N) is 1. The molecule has 10 heteroatoms. The Kier molecular flexibility index (Phi) is 8.84.